The van der Waals surface area contributed by atoms with Crippen molar-refractivity contribution in [3.63, 3.8) is 0 Å². The summed E-state index contributed by atoms with van der Waals surface area (Å²) in [5.74, 6) is 1.98. The summed E-state index contributed by atoms with van der Waals surface area (Å²) in [5.41, 5.74) is 0.635. The Morgan fingerprint density at radius 2 is 1.53 bits per heavy atom. The van der Waals surface area contributed by atoms with Gasteiger partial charge in [0.2, 0.25) is 0 Å². The second-order valence-electron chi connectivity index (χ2n) is 3.81. The van der Waals surface area contributed by atoms with E-state index in [2.05, 4.69) is 20.6 Å². The van der Waals surface area contributed by atoms with Crippen LogP contribution >= 0.6 is 34.8 Å². The number of halogens is 3. The number of hydrogen-bond donors (Lipinski definition) is 2. The average molecular weight is 318 g/mol. The standard InChI is InChI=1S/C12H11Cl3N4/c1-6-17-11(16-2)5-12(18-6)19-10-4-8(14)7(13)3-9(10)15/h3-5H,1-2H3,(H2,16,17,18,19). The number of hydrogen-bond acceptors (Lipinski definition) is 4. The molecule has 0 bridgehead atoms. The molecule has 0 radical (unpaired) electrons. The van der Waals surface area contributed by atoms with Crippen molar-refractivity contribution in [3.8, 4) is 0 Å². The molecule has 0 aliphatic carbocycles. The lowest BCUT2D eigenvalue weighted by Crippen LogP contribution is -2.01. The summed E-state index contributed by atoms with van der Waals surface area (Å²) >= 11 is 17.9. The molecule has 0 saturated carbocycles. The van der Waals surface area contributed by atoms with Crippen LogP contribution in [-0.4, -0.2) is 17.0 Å². The summed E-state index contributed by atoms with van der Waals surface area (Å²) in [7, 11) is 1.79. The molecule has 0 fully saturated rings. The maximum Gasteiger partial charge on any atom is 0.136 e. The largest absolute Gasteiger partial charge is 0.373 e. The SMILES string of the molecule is CNc1cc(Nc2cc(Cl)c(Cl)cc2Cl)nc(C)n1. The van der Waals surface area contributed by atoms with Crippen LogP contribution in [0, 0.1) is 6.92 Å². The highest BCUT2D eigenvalue weighted by Gasteiger charge is 2.08. The first-order chi connectivity index (χ1) is 8.99. The number of aryl methyl sites for hydroxylation is 1. The van der Waals surface area contributed by atoms with E-state index in [4.69, 9.17) is 34.8 Å². The molecule has 19 heavy (non-hydrogen) atoms. The zero-order valence-electron chi connectivity index (χ0n) is 10.3. The molecule has 2 aromatic rings. The quantitative estimate of drug-likeness (QED) is 0.817. The number of nitrogens with zero attached hydrogens (tertiary/aromatic N) is 2. The van der Waals surface area contributed by atoms with E-state index in [1.54, 1.807) is 25.2 Å². The molecule has 2 N–H and O–H groups in total. The second-order valence-corrected chi connectivity index (χ2v) is 5.03. The number of rotatable bonds is 3. The lowest BCUT2D eigenvalue weighted by molar-refractivity contribution is 1.06. The van der Waals surface area contributed by atoms with Gasteiger partial charge in [-0.25, -0.2) is 9.97 Å². The summed E-state index contributed by atoms with van der Waals surface area (Å²) in [6.07, 6.45) is 0. The van der Waals surface area contributed by atoms with Gasteiger partial charge in [0.1, 0.15) is 17.5 Å². The van der Waals surface area contributed by atoms with Crippen LogP contribution in [-0.2, 0) is 0 Å². The molecule has 100 valence electrons. The van der Waals surface area contributed by atoms with E-state index in [0.717, 1.165) is 0 Å². The monoisotopic (exact) mass is 316 g/mol. The number of anilines is 3. The molecule has 2 rings (SSSR count). The van der Waals surface area contributed by atoms with Gasteiger partial charge in [-0.1, -0.05) is 34.8 Å². The van der Waals surface area contributed by atoms with Gasteiger partial charge in [0.25, 0.3) is 0 Å². The summed E-state index contributed by atoms with van der Waals surface area (Å²) in [5, 5.41) is 7.35. The predicted octanol–water partition coefficient (Wildman–Crippen LogP) is 4.53. The van der Waals surface area contributed by atoms with E-state index in [0.29, 0.717) is 38.2 Å². The Morgan fingerprint density at radius 1 is 0.895 bits per heavy atom. The summed E-state index contributed by atoms with van der Waals surface area (Å²) in [4.78, 5) is 8.48. The Bertz CT molecular complexity index is 616. The Morgan fingerprint density at radius 3 is 2.21 bits per heavy atom. The molecule has 4 nitrogen and oxygen atoms in total. The predicted molar refractivity (Wildman–Crippen MR) is 81.1 cm³/mol. The summed E-state index contributed by atoms with van der Waals surface area (Å²) in [6.45, 7) is 1.81. The molecular weight excluding hydrogens is 307 g/mol. The van der Waals surface area contributed by atoms with Crippen LogP contribution in [0.25, 0.3) is 0 Å². The summed E-state index contributed by atoms with van der Waals surface area (Å²) < 4.78 is 0. The molecule has 1 heterocycles. The molecule has 0 aliphatic heterocycles. The van der Waals surface area contributed by atoms with Gasteiger partial charge in [-0.3, -0.25) is 0 Å². The van der Waals surface area contributed by atoms with Crippen LogP contribution in [0.1, 0.15) is 5.82 Å². The van der Waals surface area contributed by atoms with Crippen LogP contribution in [0.5, 0.6) is 0 Å². The van der Waals surface area contributed by atoms with E-state index >= 15 is 0 Å². The van der Waals surface area contributed by atoms with Gasteiger partial charge in [-0.2, -0.15) is 0 Å². The van der Waals surface area contributed by atoms with Crippen LogP contribution < -0.4 is 10.6 Å². The third kappa shape index (κ3) is 3.41. The van der Waals surface area contributed by atoms with Crippen LogP contribution in [0.4, 0.5) is 17.3 Å². The van der Waals surface area contributed by atoms with Gasteiger partial charge < -0.3 is 10.6 Å². The molecular formula is C12H11Cl3N4. The highest BCUT2D eigenvalue weighted by molar-refractivity contribution is 6.44. The van der Waals surface area contributed by atoms with Crippen molar-refractivity contribution < 1.29 is 0 Å². The van der Waals surface area contributed by atoms with Crippen molar-refractivity contribution in [2.24, 2.45) is 0 Å². The molecule has 0 unspecified atom stereocenters. The minimum atomic E-state index is 0.409. The topological polar surface area (TPSA) is 49.8 Å². The normalized spacial score (nSPS) is 10.4. The van der Waals surface area contributed by atoms with Crippen molar-refractivity contribution in [1.82, 2.24) is 9.97 Å². The first-order valence-corrected chi connectivity index (χ1v) is 6.58. The Balaban J connectivity index is 2.36. The zero-order valence-corrected chi connectivity index (χ0v) is 12.5. The van der Waals surface area contributed by atoms with Crippen molar-refractivity contribution in [1.29, 1.82) is 0 Å². The first kappa shape index (κ1) is 14.2. The lowest BCUT2D eigenvalue weighted by Gasteiger charge is -2.10. The fraction of sp³-hybridized carbons (Fsp3) is 0.167. The van der Waals surface area contributed by atoms with E-state index in [-0.39, 0.29) is 0 Å². The van der Waals surface area contributed by atoms with Crippen molar-refractivity contribution in [2.45, 2.75) is 6.92 Å². The third-order valence-corrected chi connectivity index (χ3v) is 3.40. The Hall–Kier alpha value is -1.23. The van der Waals surface area contributed by atoms with E-state index < -0.39 is 0 Å². The highest BCUT2D eigenvalue weighted by Crippen LogP contribution is 2.33. The molecule has 0 amide bonds. The lowest BCUT2D eigenvalue weighted by atomic mass is 10.3. The van der Waals surface area contributed by atoms with Crippen molar-refractivity contribution in [2.75, 3.05) is 17.7 Å². The van der Waals surface area contributed by atoms with Gasteiger partial charge in [0.05, 0.1) is 20.8 Å². The molecule has 1 aromatic carbocycles. The fourth-order valence-electron chi connectivity index (χ4n) is 1.52. The molecule has 0 spiro atoms. The van der Waals surface area contributed by atoms with E-state index in [9.17, 15) is 0 Å². The van der Waals surface area contributed by atoms with Crippen molar-refractivity contribution in [3.05, 3.63) is 39.1 Å². The number of benzene rings is 1. The third-order valence-electron chi connectivity index (χ3n) is 2.37. The smallest absolute Gasteiger partial charge is 0.136 e. The Kier molecular flexibility index (Phi) is 4.34. The van der Waals surface area contributed by atoms with Gasteiger partial charge >= 0.3 is 0 Å². The van der Waals surface area contributed by atoms with E-state index in [1.165, 1.54) is 0 Å². The van der Waals surface area contributed by atoms with Crippen LogP contribution in [0.2, 0.25) is 15.1 Å². The van der Waals surface area contributed by atoms with Gasteiger partial charge in [0, 0.05) is 13.1 Å². The van der Waals surface area contributed by atoms with E-state index in [1.807, 2.05) is 6.92 Å². The zero-order chi connectivity index (χ0) is 14.0. The number of nitrogens with one attached hydrogen (secondary N) is 2. The maximum atomic E-state index is 6.10. The fourth-order valence-corrected chi connectivity index (χ4v) is 2.11. The Labute approximate surface area is 126 Å². The molecule has 0 atom stereocenters. The van der Waals surface area contributed by atoms with Crippen LogP contribution in [0.15, 0.2) is 18.2 Å². The molecule has 0 saturated heterocycles. The van der Waals surface area contributed by atoms with Gasteiger partial charge in [-0.15, -0.1) is 0 Å². The van der Waals surface area contributed by atoms with Gasteiger partial charge in [0.15, 0.2) is 0 Å². The number of aromatic nitrogens is 2. The second kappa shape index (κ2) is 5.82. The van der Waals surface area contributed by atoms with Crippen molar-refractivity contribution >= 4 is 52.1 Å². The van der Waals surface area contributed by atoms with Gasteiger partial charge in [-0.05, 0) is 19.1 Å². The average Bonchev–Trinajstić information content (AvgIpc) is 2.35. The minimum Gasteiger partial charge on any atom is -0.373 e. The summed E-state index contributed by atoms with van der Waals surface area (Å²) in [6, 6.07) is 5.01. The molecule has 7 heteroatoms. The molecule has 1 aromatic heterocycles. The maximum absolute atomic E-state index is 6.10. The highest BCUT2D eigenvalue weighted by atomic mass is 35.5. The molecule has 0 aliphatic rings. The van der Waals surface area contributed by atoms with Crippen LogP contribution in [0.3, 0.4) is 0 Å². The first-order valence-electron chi connectivity index (χ1n) is 5.44. The minimum absolute atomic E-state index is 0.409.